The van der Waals surface area contributed by atoms with Crippen LogP contribution in [0.4, 0.5) is 0 Å². The predicted octanol–water partition coefficient (Wildman–Crippen LogP) is 2.52. The van der Waals surface area contributed by atoms with E-state index in [4.69, 9.17) is 11.6 Å². The number of benzene rings is 1. The Kier molecular flexibility index (Phi) is 5.45. The lowest BCUT2D eigenvalue weighted by atomic mass is 10.1. The van der Waals surface area contributed by atoms with E-state index in [1.165, 1.54) is 0 Å². The molecule has 0 fully saturated rings. The standard InChI is InChI=1S/C13H19ClN2O/c1-4-15-13(17)10(3)16-9(2)11-7-5-6-8-12(11)14/h5-10,16H,4H2,1-3H3,(H,15,17). The fourth-order valence-electron chi connectivity index (χ4n) is 1.69. The smallest absolute Gasteiger partial charge is 0.236 e. The summed E-state index contributed by atoms with van der Waals surface area (Å²) in [6, 6.07) is 7.46. The highest BCUT2D eigenvalue weighted by Gasteiger charge is 2.16. The minimum atomic E-state index is -0.235. The third-order valence-corrected chi connectivity index (χ3v) is 2.96. The lowest BCUT2D eigenvalue weighted by molar-refractivity contribution is -0.122. The van der Waals surface area contributed by atoms with Gasteiger partial charge in [-0.25, -0.2) is 0 Å². The largest absolute Gasteiger partial charge is 0.355 e. The van der Waals surface area contributed by atoms with Crippen molar-refractivity contribution in [2.24, 2.45) is 0 Å². The van der Waals surface area contributed by atoms with Gasteiger partial charge in [-0.3, -0.25) is 10.1 Å². The van der Waals surface area contributed by atoms with Gasteiger partial charge >= 0.3 is 0 Å². The summed E-state index contributed by atoms with van der Waals surface area (Å²) in [6.45, 7) is 6.39. The summed E-state index contributed by atoms with van der Waals surface area (Å²) in [6.07, 6.45) is 0. The van der Waals surface area contributed by atoms with Crippen LogP contribution in [0.5, 0.6) is 0 Å². The summed E-state index contributed by atoms with van der Waals surface area (Å²) in [5.41, 5.74) is 1.00. The minimum Gasteiger partial charge on any atom is -0.355 e. The third-order valence-electron chi connectivity index (χ3n) is 2.62. The molecule has 1 aromatic carbocycles. The van der Waals surface area contributed by atoms with Crippen molar-refractivity contribution in [3.8, 4) is 0 Å². The van der Waals surface area contributed by atoms with Crippen LogP contribution in [0.25, 0.3) is 0 Å². The molecule has 1 rings (SSSR count). The minimum absolute atomic E-state index is 0.00593. The summed E-state index contributed by atoms with van der Waals surface area (Å²) in [4.78, 5) is 11.6. The van der Waals surface area contributed by atoms with E-state index in [1.807, 2.05) is 45.0 Å². The maximum atomic E-state index is 11.6. The van der Waals surface area contributed by atoms with Crippen LogP contribution in [0.15, 0.2) is 24.3 Å². The van der Waals surface area contributed by atoms with Gasteiger partial charge in [0.05, 0.1) is 6.04 Å². The van der Waals surface area contributed by atoms with Crippen LogP contribution < -0.4 is 10.6 Å². The molecule has 1 amide bonds. The Bertz CT molecular complexity index is 381. The van der Waals surface area contributed by atoms with Gasteiger partial charge in [-0.05, 0) is 32.4 Å². The van der Waals surface area contributed by atoms with Crippen molar-refractivity contribution in [3.05, 3.63) is 34.9 Å². The molecule has 0 bridgehead atoms. The SMILES string of the molecule is CCNC(=O)C(C)NC(C)c1ccccc1Cl. The molecule has 0 aromatic heterocycles. The zero-order valence-corrected chi connectivity index (χ0v) is 11.2. The van der Waals surface area contributed by atoms with Gasteiger partial charge in [0.2, 0.25) is 5.91 Å². The predicted molar refractivity (Wildman–Crippen MR) is 71.1 cm³/mol. The maximum absolute atomic E-state index is 11.6. The molecule has 0 aliphatic carbocycles. The molecule has 94 valence electrons. The fourth-order valence-corrected chi connectivity index (χ4v) is 1.99. The van der Waals surface area contributed by atoms with E-state index in [9.17, 15) is 4.79 Å². The van der Waals surface area contributed by atoms with E-state index >= 15 is 0 Å². The summed E-state index contributed by atoms with van der Waals surface area (Å²) in [5, 5.41) is 6.73. The first-order chi connectivity index (χ1) is 8.06. The van der Waals surface area contributed by atoms with Crippen LogP contribution in [0, 0.1) is 0 Å². The van der Waals surface area contributed by atoms with E-state index in [-0.39, 0.29) is 18.0 Å². The van der Waals surface area contributed by atoms with Crippen molar-refractivity contribution >= 4 is 17.5 Å². The van der Waals surface area contributed by atoms with Crippen LogP contribution in [0.2, 0.25) is 5.02 Å². The molecule has 0 spiro atoms. The Balaban J connectivity index is 2.63. The molecular formula is C13H19ClN2O. The van der Waals surface area contributed by atoms with Gasteiger partial charge in [0.25, 0.3) is 0 Å². The quantitative estimate of drug-likeness (QED) is 0.848. The Morgan fingerprint density at radius 3 is 2.59 bits per heavy atom. The van der Waals surface area contributed by atoms with Gasteiger partial charge in [0, 0.05) is 17.6 Å². The van der Waals surface area contributed by atoms with Crippen LogP contribution in [0.3, 0.4) is 0 Å². The number of hydrogen-bond donors (Lipinski definition) is 2. The van der Waals surface area contributed by atoms with Crippen molar-refractivity contribution in [2.75, 3.05) is 6.54 Å². The van der Waals surface area contributed by atoms with Crippen LogP contribution in [-0.2, 0) is 4.79 Å². The summed E-state index contributed by atoms with van der Waals surface area (Å²) >= 11 is 6.10. The number of nitrogens with one attached hydrogen (secondary N) is 2. The molecule has 0 heterocycles. The van der Waals surface area contributed by atoms with Crippen molar-refractivity contribution in [3.63, 3.8) is 0 Å². The molecule has 0 aliphatic heterocycles. The number of rotatable bonds is 5. The highest BCUT2D eigenvalue weighted by atomic mass is 35.5. The summed E-state index contributed by atoms with van der Waals surface area (Å²) in [5.74, 6) is 0.00593. The number of carbonyl (C=O) groups is 1. The molecule has 0 saturated carbocycles. The molecule has 1 aromatic rings. The molecule has 2 unspecified atom stereocenters. The second-order valence-electron chi connectivity index (χ2n) is 4.03. The number of carbonyl (C=O) groups excluding carboxylic acids is 1. The molecule has 0 radical (unpaired) electrons. The lowest BCUT2D eigenvalue weighted by Crippen LogP contribution is -2.43. The van der Waals surface area contributed by atoms with Gasteiger partial charge in [-0.1, -0.05) is 29.8 Å². The van der Waals surface area contributed by atoms with E-state index in [1.54, 1.807) is 0 Å². The van der Waals surface area contributed by atoms with Gasteiger partial charge in [-0.15, -0.1) is 0 Å². The topological polar surface area (TPSA) is 41.1 Å². The molecule has 0 aliphatic rings. The highest BCUT2D eigenvalue weighted by molar-refractivity contribution is 6.31. The van der Waals surface area contributed by atoms with E-state index in [0.29, 0.717) is 6.54 Å². The first-order valence-corrected chi connectivity index (χ1v) is 6.22. The Morgan fingerprint density at radius 2 is 2.00 bits per heavy atom. The van der Waals surface area contributed by atoms with E-state index in [2.05, 4.69) is 10.6 Å². The molecule has 3 nitrogen and oxygen atoms in total. The highest BCUT2D eigenvalue weighted by Crippen LogP contribution is 2.22. The molecule has 17 heavy (non-hydrogen) atoms. The first-order valence-electron chi connectivity index (χ1n) is 5.84. The van der Waals surface area contributed by atoms with E-state index < -0.39 is 0 Å². The van der Waals surface area contributed by atoms with Crippen molar-refractivity contribution in [1.29, 1.82) is 0 Å². The van der Waals surface area contributed by atoms with Gasteiger partial charge in [0.1, 0.15) is 0 Å². The van der Waals surface area contributed by atoms with Crippen molar-refractivity contribution < 1.29 is 4.79 Å². The van der Waals surface area contributed by atoms with Crippen molar-refractivity contribution in [2.45, 2.75) is 32.9 Å². The summed E-state index contributed by atoms with van der Waals surface area (Å²) in [7, 11) is 0. The number of hydrogen-bond acceptors (Lipinski definition) is 2. The van der Waals surface area contributed by atoms with E-state index in [0.717, 1.165) is 10.6 Å². The zero-order chi connectivity index (χ0) is 12.8. The van der Waals surface area contributed by atoms with Gasteiger partial charge in [-0.2, -0.15) is 0 Å². The van der Waals surface area contributed by atoms with Gasteiger partial charge in [0.15, 0.2) is 0 Å². The Labute approximate surface area is 108 Å². The third kappa shape index (κ3) is 4.02. The summed E-state index contributed by atoms with van der Waals surface area (Å²) < 4.78 is 0. The lowest BCUT2D eigenvalue weighted by Gasteiger charge is -2.20. The average Bonchev–Trinajstić information content (AvgIpc) is 2.29. The first kappa shape index (κ1) is 14.0. The fraction of sp³-hybridized carbons (Fsp3) is 0.462. The zero-order valence-electron chi connectivity index (χ0n) is 10.5. The molecule has 2 N–H and O–H groups in total. The molecule has 4 heteroatoms. The number of halogens is 1. The normalized spacial score (nSPS) is 14.1. The van der Waals surface area contributed by atoms with Crippen LogP contribution in [0.1, 0.15) is 32.4 Å². The van der Waals surface area contributed by atoms with Crippen LogP contribution in [-0.4, -0.2) is 18.5 Å². The maximum Gasteiger partial charge on any atom is 0.236 e. The molecular weight excluding hydrogens is 236 g/mol. The molecule has 2 atom stereocenters. The number of amides is 1. The molecule has 0 saturated heterocycles. The Hall–Kier alpha value is -1.06. The Morgan fingerprint density at radius 1 is 1.35 bits per heavy atom. The average molecular weight is 255 g/mol. The number of likely N-dealkylation sites (N-methyl/N-ethyl adjacent to an activating group) is 1. The van der Waals surface area contributed by atoms with Crippen LogP contribution >= 0.6 is 11.6 Å². The second kappa shape index (κ2) is 6.62. The second-order valence-corrected chi connectivity index (χ2v) is 4.43. The monoisotopic (exact) mass is 254 g/mol. The van der Waals surface area contributed by atoms with Gasteiger partial charge < -0.3 is 5.32 Å². The van der Waals surface area contributed by atoms with Crippen molar-refractivity contribution in [1.82, 2.24) is 10.6 Å².